The maximum atomic E-state index is 13.9. The second-order valence-corrected chi connectivity index (χ2v) is 6.44. The number of anilines is 1. The average molecular weight is 494 g/mol. The van der Waals surface area contributed by atoms with Gasteiger partial charge in [-0.05, 0) is 43.2 Å². The van der Waals surface area contributed by atoms with Crippen molar-refractivity contribution < 1.29 is 4.39 Å². The third-order valence-electron chi connectivity index (χ3n) is 4.65. The van der Waals surface area contributed by atoms with Crippen molar-refractivity contribution in [2.24, 2.45) is 4.99 Å². The van der Waals surface area contributed by atoms with Gasteiger partial charge in [0.15, 0.2) is 5.96 Å². The Hall–Kier alpha value is -2.41. The van der Waals surface area contributed by atoms with E-state index >= 15 is 0 Å². The number of nitrogens with one attached hydrogen (secondary N) is 2. The molecule has 0 aliphatic carbocycles. The van der Waals surface area contributed by atoms with Gasteiger partial charge >= 0.3 is 0 Å². The number of halogens is 2. The van der Waals surface area contributed by atoms with Gasteiger partial charge in [-0.1, -0.05) is 6.07 Å². The maximum Gasteiger partial charge on any atom is 0.191 e. The molecule has 0 atom stereocenters. The first-order valence-corrected chi connectivity index (χ1v) is 9.01. The smallest absolute Gasteiger partial charge is 0.191 e. The Kier molecular flexibility index (Phi) is 8.44. The van der Waals surface area contributed by atoms with Crippen LogP contribution in [-0.2, 0) is 6.54 Å². The number of nitriles is 1. The van der Waals surface area contributed by atoms with Crippen LogP contribution in [-0.4, -0.2) is 37.1 Å². The molecule has 28 heavy (non-hydrogen) atoms. The van der Waals surface area contributed by atoms with E-state index in [9.17, 15) is 4.39 Å². The molecular weight excluding hydrogens is 470 g/mol. The Morgan fingerprint density at radius 1 is 1.32 bits per heavy atom. The molecule has 1 aliphatic heterocycles. The largest absolute Gasteiger partial charge is 0.356 e. The van der Waals surface area contributed by atoms with Gasteiger partial charge in [0.05, 0.1) is 11.6 Å². The zero-order chi connectivity index (χ0) is 19.1. The quantitative estimate of drug-likeness (QED) is 0.389. The third kappa shape index (κ3) is 5.79. The molecule has 1 aromatic heterocycles. The summed E-state index contributed by atoms with van der Waals surface area (Å²) in [4.78, 5) is 10.9. The number of pyridine rings is 1. The van der Waals surface area contributed by atoms with Gasteiger partial charge < -0.3 is 15.5 Å². The number of guanidine groups is 1. The van der Waals surface area contributed by atoms with Gasteiger partial charge in [0.25, 0.3) is 0 Å². The molecule has 0 spiro atoms. The summed E-state index contributed by atoms with van der Waals surface area (Å²) in [5, 5.41) is 15.5. The molecule has 1 aliphatic rings. The van der Waals surface area contributed by atoms with Crippen LogP contribution in [0.3, 0.4) is 0 Å². The van der Waals surface area contributed by atoms with Crippen LogP contribution in [0.15, 0.2) is 47.6 Å². The van der Waals surface area contributed by atoms with Gasteiger partial charge in [-0.2, -0.15) is 5.26 Å². The summed E-state index contributed by atoms with van der Waals surface area (Å²) in [6.45, 7) is 2.11. The van der Waals surface area contributed by atoms with Crippen molar-refractivity contribution in [3.63, 3.8) is 0 Å². The molecule has 2 aromatic rings. The highest BCUT2D eigenvalue weighted by atomic mass is 127. The van der Waals surface area contributed by atoms with Gasteiger partial charge in [0.2, 0.25) is 0 Å². The van der Waals surface area contributed by atoms with E-state index in [1.807, 2.05) is 30.5 Å². The minimum atomic E-state index is -0.333. The van der Waals surface area contributed by atoms with E-state index < -0.39 is 0 Å². The molecule has 0 radical (unpaired) electrons. The van der Waals surface area contributed by atoms with Crippen molar-refractivity contribution in [1.82, 2.24) is 15.6 Å². The molecule has 148 valence electrons. The Bertz CT molecular complexity index is 828. The molecule has 1 aromatic carbocycles. The van der Waals surface area contributed by atoms with Crippen molar-refractivity contribution in [3.8, 4) is 6.07 Å². The average Bonchev–Trinajstić information content (AvgIpc) is 2.73. The number of benzene rings is 1. The van der Waals surface area contributed by atoms with Gasteiger partial charge in [-0.3, -0.25) is 4.99 Å². The van der Waals surface area contributed by atoms with Crippen LogP contribution < -0.4 is 15.5 Å². The summed E-state index contributed by atoms with van der Waals surface area (Å²) in [5.74, 6) is 1.31. The normalized spacial score (nSPS) is 14.8. The Labute approximate surface area is 181 Å². The van der Waals surface area contributed by atoms with E-state index in [1.165, 1.54) is 12.1 Å². The fourth-order valence-electron chi connectivity index (χ4n) is 3.14. The van der Waals surface area contributed by atoms with Crippen LogP contribution in [0.25, 0.3) is 0 Å². The van der Waals surface area contributed by atoms with E-state index in [4.69, 9.17) is 5.26 Å². The fourth-order valence-corrected chi connectivity index (χ4v) is 3.14. The molecule has 0 saturated carbocycles. The topological polar surface area (TPSA) is 76.3 Å². The van der Waals surface area contributed by atoms with E-state index in [-0.39, 0.29) is 36.3 Å². The number of piperidine rings is 1. The lowest BCUT2D eigenvalue weighted by atomic mass is 10.1. The van der Waals surface area contributed by atoms with Crippen molar-refractivity contribution in [1.29, 1.82) is 5.26 Å². The van der Waals surface area contributed by atoms with Crippen molar-refractivity contribution >= 4 is 35.8 Å². The van der Waals surface area contributed by atoms with Gasteiger partial charge in [0.1, 0.15) is 11.6 Å². The third-order valence-corrected chi connectivity index (χ3v) is 4.65. The predicted molar refractivity (Wildman–Crippen MR) is 119 cm³/mol. The highest BCUT2D eigenvalue weighted by Crippen LogP contribution is 2.17. The Morgan fingerprint density at radius 3 is 2.75 bits per heavy atom. The van der Waals surface area contributed by atoms with Gasteiger partial charge in [0, 0.05) is 44.5 Å². The van der Waals surface area contributed by atoms with Crippen molar-refractivity contribution in [2.75, 3.05) is 25.0 Å². The first-order valence-electron chi connectivity index (χ1n) is 9.01. The summed E-state index contributed by atoms with van der Waals surface area (Å²) < 4.78 is 13.9. The number of hydrogen-bond donors (Lipinski definition) is 2. The zero-order valence-electron chi connectivity index (χ0n) is 15.7. The highest BCUT2D eigenvalue weighted by molar-refractivity contribution is 14.0. The number of rotatable bonds is 4. The van der Waals surface area contributed by atoms with E-state index in [2.05, 4.69) is 25.5 Å². The van der Waals surface area contributed by atoms with Crippen molar-refractivity contribution in [3.05, 3.63) is 59.5 Å². The van der Waals surface area contributed by atoms with Crippen LogP contribution >= 0.6 is 24.0 Å². The van der Waals surface area contributed by atoms with Crippen LogP contribution in [0.1, 0.15) is 24.0 Å². The lowest BCUT2D eigenvalue weighted by Gasteiger charge is -2.33. The minimum Gasteiger partial charge on any atom is -0.356 e. The number of nitrogens with zero attached hydrogens (tertiary/aromatic N) is 4. The maximum absolute atomic E-state index is 13.9. The highest BCUT2D eigenvalue weighted by Gasteiger charge is 2.20. The molecule has 2 heterocycles. The number of aliphatic imine (C=N–C) groups is 1. The number of aromatic nitrogens is 1. The molecule has 0 bridgehead atoms. The second kappa shape index (κ2) is 10.8. The van der Waals surface area contributed by atoms with Crippen molar-refractivity contribution in [2.45, 2.75) is 25.4 Å². The monoisotopic (exact) mass is 494 g/mol. The summed E-state index contributed by atoms with van der Waals surface area (Å²) >= 11 is 0. The predicted octanol–water partition coefficient (Wildman–Crippen LogP) is 3.04. The fraction of sp³-hybridized carbons (Fsp3) is 0.350. The first kappa shape index (κ1) is 21.9. The van der Waals surface area contributed by atoms with E-state index in [0.717, 1.165) is 31.7 Å². The SMILES string of the molecule is CN=C(NCc1cc(C#N)ccc1F)NC1CCN(c2ccccn2)CC1.I. The van der Waals surface area contributed by atoms with E-state index in [1.54, 1.807) is 13.1 Å². The molecule has 6 nitrogen and oxygen atoms in total. The molecular formula is C20H24FIN6. The van der Waals surface area contributed by atoms with Gasteiger partial charge in [-0.15, -0.1) is 24.0 Å². The molecule has 3 rings (SSSR count). The Balaban J connectivity index is 0.00000280. The standard InChI is InChI=1S/C20H23FN6.HI/c1-23-20(25-14-16-12-15(13-22)5-6-18(16)21)26-17-7-10-27(11-8-17)19-4-2-3-9-24-19;/h2-6,9,12,17H,7-8,10-11,14H2,1H3,(H2,23,25,26);1H. The summed E-state index contributed by atoms with van der Waals surface area (Å²) in [7, 11) is 1.69. The lowest BCUT2D eigenvalue weighted by molar-refractivity contribution is 0.459. The summed E-state index contributed by atoms with van der Waals surface area (Å²) in [5.41, 5.74) is 0.889. The molecule has 1 saturated heterocycles. The van der Waals surface area contributed by atoms with Crippen LogP contribution in [0.4, 0.5) is 10.2 Å². The Morgan fingerprint density at radius 2 is 2.11 bits per heavy atom. The van der Waals surface area contributed by atoms with Crippen LogP contribution in [0, 0.1) is 17.1 Å². The van der Waals surface area contributed by atoms with Gasteiger partial charge in [-0.25, -0.2) is 9.37 Å². The summed E-state index contributed by atoms with van der Waals surface area (Å²) in [6, 6.07) is 12.6. The molecule has 8 heteroatoms. The molecule has 0 unspecified atom stereocenters. The zero-order valence-corrected chi connectivity index (χ0v) is 18.1. The lowest BCUT2D eigenvalue weighted by Crippen LogP contribution is -2.48. The molecule has 0 amide bonds. The minimum absolute atomic E-state index is 0. The van der Waals surface area contributed by atoms with Crippen LogP contribution in [0.5, 0.6) is 0 Å². The van der Waals surface area contributed by atoms with Crippen LogP contribution in [0.2, 0.25) is 0 Å². The summed E-state index contributed by atoms with van der Waals surface area (Å²) in [6.07, 6.45) is 3.75. The first-order chi connectivity index (χ1) is 13.2. The van der Waals surface area contributed by atoms with E-state index in [0.29, 0.717) is 23.1 Å². The molecule has 2 N–H and O–H groups in total. The second-order valence-electron chi connectivity index (χ2n) is 6.44. The molecule has 1 fully saturated rings. The number of hydrogen-bond acceptors (Lipinski definition) is 4.